The number of nitrogens with zero attached hydrogens (tertiary/aromatic N) is 1. The minimum Gasteiger partial charge on any atom is -0.506 e. The van der Waals surface area contributed by atoms with Gasteiger partial charge in [0.15, 0.2) is 5.78 Å². The van der Waals surface area contributed by atoms with Crippen LogP contribution in [0.1, 0.15) is 18.1 Å². The summed E-state index contributed by atoms with van der Waals surface area (Å²) >= 11 is 0. The molecule has 3 aromatic rings. The van der Waals surface area contributed by atoms with Gasteiger partial charge < -0.3 is 9.52 Å². The highest BCUT2D eigenvalue weighted by Crippen LogP contribution is 2.34. The number of rotatable bonds is 4. The van der Waals surface area contributed by atoms with Crippen molar-refractivity contribution in [1.29, 1.82) is 0 Å². The Morgan fingerprint density at radius 1 is 1.19 bits per heavy atom. The predicted molar refractivity (Wildman–Crippen MR) is 95.0 cm³/mol. The van der Waals surface area contributed by atoms with Crippen molar-refractivity contribution in [3.8, 4) is 5.75 Å². The Balaban J connectivity index is 2.32. The Labute approximate surface area is 147 Å². The van der Waals surface area contributed by atoms with Crippen molar-refractivity contribution in [2.75, 3.05) is 0 Å². The third-order valence-electron chi connectivity index (χ3n) is 3.78. The fourth-order valence-corrected chi connectivity index (χ4v) is 2.65. The predicted octanol–water partition coefficient (Wildman–Crippen LogP) is 3.43. The van der Waals surface area contributed by atoms with Crippen LogP contribution in [0.2, 0.25) is 0 Å². The van der Waals surface area contributed by atoms with Crippen molar-refractivity contribution < 1.29 is 19.2 Å². The number of carbonyl (C=O) groups excluding carboxylic acids is 1. The topological polar surface area (TPSA) is 111 Å². The normalized spacial score (nSPS) is 11.5. The van der Waals surface area contributed by atoms with E-state index in [1.54, 1.807) is 30.3 Å². The van der Waals surface area contributed by atoms with E-state index in [0.29, 0.717) is 5.56 Å². The first-order valence-electron chi connectivity index (χ1n) is 7.60. The number of fused-ring (bicyclic) bond motifs is 1. The van der Waals surface area contributed by atoms with Gasteiger partial charge >= 0.3 is 5.63 Å². The Kier molecular flexibility index (Phi) is 4.36. The average molecular weight is 351 g/mol. The largest absolute Gasteiger partial charge is 0.506 e. The lowest BCUT2D eigenvalue weighted by atomic mass is 9.96. The number of nitro benzene ring substituents is 1. The third-order valence-corrected chi connectivity index (χ3v) is 3.78. The maximum absolute atomic E-state index is 12.5. The Morgan fingerprint density at radius 3 is 2.50 bits per heavy atom. The van der Waals surface area contributed by atoms with E-state index >= 15 is 0 Å². The van der Waals surface area contributed by atoms with Crippen LogP contribution >= 0.6 is 0 Å². The first-order valence-corrected chi connectivity index (χ1v) is 7.60. The molecule has 26 heavy (non-hydrogen) atoms. The Hall–Kier alpha value is -3.74. The number of aromatic hydroxyl groups is 1. The van der Waals surface area contributed by atoms with Crippen LogP contribution in [0.25, 0.3) is 16.5 Å². The summed E-state index contributed by atoms with van der Waals surface area (Å²) in [5, 5.41) is 21.6. The summed E-state index contributed by atoms with van der Waals surface area (Å²) in [4.78, 5) is 34.4. The number of hydrogen-bond acceptors (Lipinski definition) is 6. The summed E-state index contributed by atoms with van der Waals surface area (Å²) < 4.78 is 5.18. The molecule has 0 unspecified atom stereocenters. The third kappa shape index (κ3) is 3.10. The molecule has 1 N–H and O–H groups in total. The first-order chi connectivity index (χ1) is 12.4. The van der Waals surface area contributed by atoms with E-state index in [4.69, 9.17) is 4.42 Å². The zero-order chi connectivity index (χ0) is 18.8. The summed E-state index contributed by atoms with van der Waals surface area (Å²) in [6.45, 7) is 1.33. The van der Waals surface area contributed by atoms with Gasteiger partial charge in [-0.15, -0.1) is 0 Å². The lowest BCUT2D eigenvalue weighted by Crippen LogP contribution is -2.09. The molecule has 0 aliphatic rings. The number of benzene rings is 2. The van der Waals surface area contributed by atoms with Gasteiger partial charge in [0.25, 0.3) is 5.69 Å². The molecule has 0 saturated carbocycles. The summed E-state index contributed by atoms with van der Waals surface area (Å²) in [5.41, 5.74) is -0.688. The number of allylic oxidation sites excluding steroid dienone is 1. The summed E-state index contributed by atoms with van der Waals surface area (Å²) in [6.07, 6.45) is 1.23. The SMILES string of the molecule is CC(=O)/C=C(/c1ccccc1)c1c(O)c2ccc([N+](=O)[O-])cc2oc1=O. The molecule has 0 amide bonds. The van der Waals surface area contributed by atoms with Crippen LogP contribution in [0.5, 0.6) is 5.75 Å². The van der Waals surface area contributed by atoms with E-state index in [-0.39, 0.29) is 33.6 Å². The van der Waals surface area contributed by atoms with Crippen LogP contribution in [0.4, 0.5) is 5.69 Å². The van der Waals surface area contributed by atoms with Crippen molar-refractivity contribution >= 4 is 28.0 Å². The molecule has 0 saturated heterocycles. The molecule has 7 heteroatoms. The van der Waals surface area contributed by atoms with Gasteiger partial charge in [-0.05, 0) is 24.6 Å². The van der Waals surface area contributed by atoms with E-state index < -0.39 is 16.3 Å². The molecule has 7 nitrogen and oxygen atoms in total. The van der Waals surface area contributed by atoms with Crippen LogP contribution in [0.15, 0.2) is 63.8 Å². The maximum Gasteiger partial charge on any atom is 0.348 e. The molecule has 1 aromatic heterocycles. The molecule has 1 heterocycles. The van der Waals surface area contributed by atoms with Crippen LogP contribution < -0.4 is 5.63 Å². The van der Waals surface area contributed by atoms with Crippen LogP contribution in [-0.2, 0) is 4.79 Å². The standard InChI is InChI=1S/C19H13NO6/c1-11(21)9-15(12-5-3-2-4-6-12)17-18(22)14-8-7-13(20(24)25)10-16(14)26-19(17)23/h2-10,22H,1H3/b15-9-. The highest BCUT2D eigenvalue weighted by molar-refractivity contribution is 6.01. The van der Waals surface area contributed by atoms with Crippen molar-refractivity contribution in [3.05, 3.63) is 86.3 Å². The summed E-state index contributed by atoms with van der Waals surface area (Å²) in [6, 6.07) is 12.2. The highest BCUT2D eigenvalue weighted by atomic mass is 16.6. The lowest BCUT2D eigenvalue weighted by molar-refractivity contribution is -0.384. The number of hydrogen-bond donors (Lipinski definition) is 1. The zero-order valence-corrected chi connectivity index (χ0v) is 13.6. The van der Waals surface area contributed by atoms with Gasteiger partial charge in [-0.25, -0.2) is 4.79 Å². The van der Waals surface area contributed by atoms with E-state index in [2.05, 4.69) is 0 Å². The van der Waals surface area contributed by atoms with Gasteiger partial charge in [0, 0.05) is 11.6 Å². The second kappa shape index (κ2) is 6.64. The van der Waals surface area contributed by atoms with Crippen LogP contribution in [-0.4, -0.2) is 15.8 Å². The molecule has 0 bridgehead atoms. The van der Waals surface area contributed by atoms with E-state index in [9.17, 15) is 24.8 Å². The molecule has 0 aliphatic heterocycles. The van der Waals surface area contributed by atoms with Crippen LogP contribution in [0, 0.1) is 10.1 Å². The van der Waals surface area contributed by atoms with Crippen molar-refractivity contribution in [3.63, 3.8) is 0 Å². The van der Waals surface area contributed by atoms with Gasteiger partial charge in [0.05, 0.1) is 16.4 Å². The van der Waals surface area contributed by atoms with Gasteiger partial charge in [-0.2, -0.15) is 0 Å². The minimum atomic E-state index is -0.896. The summed E-state index contributed by atoms with van der Waals surface area (Å²) in [7, 11) is 0. The van der Waals surface area contributed by atoms with E-state index in [0.717, 1.165) is 6.07 Å². The van der Waals surface area contributed by atoms with Crippen molar-refractivity contribution in [2.24, 2.45) is 0 Å². The monoisotopic (exact) mass is 351 g/mol. The molecular formula is C19H13NO6. The molecule has 3 rings (SSSR count). The molecule has 0 radical (unpaired) electrons. The molecule has 130 valence electrons. The number of ketones is 1. The number of non-ortho nitro benzene ring substituents is 1. The van der Waals surface area contributed by atoms with Gasteiger partial charge in [0.2, 0.25) is 0 Å². The number of carbonyl (C=O) groups is 1. The molecule has 2 aromatic carbocycles. The smallest absolute Gasteiger partial charge is 0.348 e. The fourth-order valence-electron chi connectivity index (χ4n) is 2.65. The fraction of sp³-hybridized carbons (Fsp3) is 0.0526. The van der Waals surface area contributed by atoms with Crippen LogP contribution in [0.3, 0.4) is 0 Å². The molecule has 0 spiro atoms. The average Bonchev–Trinajstić information content (AvgIpc) is 2.60. The molecular weight excluding hydrogens is 338 g/mol. The van der Waals surface area contributed by atoms with E-state index in [1.807, 2.05) is 0 Å². The minimum absolute atomic E-state index is 0.110. The zero-order valence-electron chi connectivity index (χ0n) is 13.6. The van der Waals surface area contributed by atoms with Crippen molar-refractivity contribution in [2.45, 2.75) is 6.92 Å². The van der Waals surface area contributed by atoms with Gasteiger partial charge in [-0.1, -0.05) is 30.3 Å². The molecule has 0 fully saturated rings. The van der Waals surface area contributed by atoms with Gasteiger partial charge in [-0.3, -0.25) is 14.9 Å². The Morgan fingerprint density at radius 2 is 1.88 bits per heavy atom. The second-order valence-corrected chi connectivity index (χ2v) is 5.59. The lowest BCUT2D eigenvalue weighted by Gasteiger charge is -2.10. The quantitative estimate of drug-likeness (QED) is 0.334. The summed E-state index contributed by atoms with van der Waals surface area (Å²) in [5.74, 6) is -0.714. The van der Waals surface area contributed by atoms with Gasteiger partial charge in [0.1, 0.15) is 16.9 Å². The van der Waals surface area contributed by atoms with Crippen molar-refractivity contribution in [1.82, 2.24) is 0 Å². The number of nitro groups is 1. The first kappa shape index (κ1) is 17.1. The molecule has 0 atom stereocenters. The maximum atomic E-state index is 12.5. The highest BCUT2D eigenvalue weighted by Gasteiger charge is 2.21. The second-order valence-electron chi connectivity index (χ2n) is 5.59. The van der Waals surface area contributed by atoms with E-state index in [1.165, 1.54) is 25.1 Å². The molecule has 0 aliphatic carbocycles. The Bertz CT molecular complexity index is 1110.